The van der Waals surface area contributed by atoms with E-state index < -0.39 is 5.41 Å². The van der Waals surface area contributed by atoms with Crippen LogP contribution >= 0.6 is 15.9 Å². The van der Waals surface area contributed by atoms with Gasteiger partial charge in [-0.05, 0) is 30.2 Å². The van der Waals surface area contributed by atoms with Gasteiger partial charge in [-0.25, -0.2) is 0 Å². The molecule has 0 atom stereocenters. The maximum absolute atomic E-state index is 12.0. The number of hydrogen-bond donors (Lipinski definition) is 2. The summed E-state index contributed by atoms with van der Waals surface area (Å²) in [5, 5.41) is 12.1. The standard InChI is InChI=1S/C13H16BrNO3/c1-9-2-3-11(14)4-10(9)5-15-12(17)13(6-16)7-18-8-13/h2-4,16H,5-8H2,1H3,(H,15,17). The average molecular weight is 314 g/mol. The number of carbonyl (C=O) groups excluding carboxylic acids is 1. The molecular formula is C13H16BrNO3. The maximum Gasteiger partial charge on any atom is 0.233 e. The van der Waals surface area contributed by atoms with E-state index in [1.165, 1.54) is 0 Å². The first-order valence-corrected chi connectivity index (χ1v) is 6.59. The second kappa shape index (κ2) is 5.38. The molecule has 0 saturated carbocycles. The zero-order chi connectivity index (χ0) is 13.2. The number of aliphatic hydroxyl groups is 1. The van der Waals surface area contributed by atoms with E-state index in [2.05, 4.69) is 21.2 Å². The highest BCUT2D eigenvalue weighted by Gasteiger charge is 2.45. The van der Waals surface area contributed by atoms with Crippen molar-refractivity contribution < 1.29 is 14.6 Å². The van der Waals surface area contributed by atoms with Crippen LogP contribution in [0, 0.1) is 12.3 Å². The number of halogens is 1. The van der Waals surface area contributed by atoms with Crippen molar-refractivity contribution in [2.75, 3.05) is 19.8 Å². The number of aliphatic hydroxyl groups excluding tert-OH is 1. The van der Waals surface area contributed by atoms with Gasteiger partial charge in [0.1, 0.15) is 5.41 Å². The first-order chi connectivity index (χ1) is 8.57. The minimum absolute atomic E-state index is 0.143. The van der Waals surface area contributed by atoms with E-state index in [0.29, 0.717) is 19.8 Å². The Labute approximate surface area is 114 Å². The third kappa shape index (κ3) is 2.58. The minimum Gasteiger partial charge on any atom is -0.395 e. The predicted octanol–water partition coefficient (Wildman–Crippen LogP) is 1.38. The molecule has 1 aromatic carbocycles. The van der Waals surface area contributed by atoms with E-state index in [-0.39, 0.29) is 12.5 Å². The predicted molar refractivity (Wildman–Crippen MR) is 71.1 cm³/mol. The summed E-state index contributed by atoms with van der Waals surface area (Å²) in [7, 11) is 0. The van der Waals surface area contributed by atoms with Gasteiger partial charge in [-0.1, -0.05) is 22.0 Å². The summed E-state index contributed by atoms with van der Waals surface area (Å²) in [5.74, 6) is -0.143. The molecule has 0 radical (unpaired) electrons. The van der Waals surface area contributed by atoms with Gasteiger partial charge in [-0.2, -0.15) is 0 Å². The zero-order valence-electron chi connectivity index (χ0n) is 10.2. The Balaban J connectivity index is 1.99. The summed E-state index contributed by atoms with van der Waals surface area (Å²) >= 11 is 3.41. The van der Waals surface area contributed by atoms with Gasteiger partial charge in [0.05, 0.1) is 19.8 Å². The Bertz CT molecular complexity index is 452. The number of amides is 1. The van der Waals surface area contributed by atoms with Crippen molar-refractivity contribution in [3.63, 3.8) is 0 Å². The summed E-state index contributed by atoms with van der Waals surface area (Å²) in [6.07, 6.45) is 0. The Hall–Kier alpha value is -0.910. The van der Waals surface area contributed by atoms with Gasteiger partial charge in [0, 0.05) is 11.0 Å². The molecule has 0 bridgehead atoms. The molecule has 0 aliphatic carbocycles. The third-order valence-electron chi connectivity index (χ3n) is 3.29. The van der Waals surface area contributed by atoms with Crippen molar-refractivity contribution in [2.45, 2.75) is 13.5 Å². The van der Waals surface area contributed by atoms with Crippen LogP contribution in [0.25, 0.3) is 0 Å². The number of hydrogen-bond acceptors (Lipinski definition) is 3. The van der Waals surface area contributed by atoms with E-state index in [0.717, 1.165) is 15.6 Å². The third-order valence-corrected chi connectivity index (χ3v) is 3.78. The highest BCUT2D eigenvalue weighted by molar-refractivity contribution is 9.10. The van der Waals surface area contributed by atoms with Gasteiger partial charge in [-0.3, -0.25) is 4.79 Å². The van der Waals surface area contributed by atoms with Gasteiger partial charge in [-0.15, -0.1) is 0 Å². The number of ether oxygens (including phenoxy) is 1. The lowest BCUT2D eigenvalue weighted by molar-refractivity contribution is -0.170. The Morgan fingerprint density at radius 1 is 1.56 bits per heavy atom. The summed E-state index contributed by atoms with van der Waals surface area (Å²) in [5.41, 5.74) is 1.45. The summed E-state index contributed by atoms with van der Waals surface area (Å²) in [4.78, 5) is 12.0. The van der Waals surface area contributed by atoms with Crippen molar-refractivity contribution >= 4 is 21.8 Å². The van der Waals surface area contributed by atoms with E-state index in [4.69, 9.17) is 4.74 Å². The molecule has 0 spiro atoms. The number of nitrogens with one attached hydrogen (secondary N) is 1. The summed E-state index contributed by atoms with van der Waals surface area (Å²) in [6, 6.07) is 5.95. The highest BCUT2D eigenvalue weighted by atomic mass is 79.9. The first-order valence-electron chi connectivity index (χ1n) is 5.79. The van der Waals surface area contributed by atoms with E-state index in [1.54, 1.807) is 0 Å². The van der Waals surface area contributed by atoms with Crippen LogP contribution in [-0.2, 0) is 16.1 Å². The van der Waals surface area contributed by atoms with Crippen molar-refractivity contribution in [1.82, 2.24) is 5.32 Å². The molecule has 1 saturated heterocycles. The van der Waals surface area contributed by atoms with Crippen LogP contribution in [0.15, 0.2) is 22.7 Å². The van der Waals surface area contributed by atoms with Crippen LogP contribution in [0.3, 0.4) is 0 Å². The van der Waals surface area contributed by atoms with Crippen LogP contribution < -0.4 is 5.32 Å². The highest BCUT2D eigenvalue weighted by Crippen LogP contribution is 2.27. The number of carbonyl (C=O) groups is 1. The lowest BCUT2D eigenvalue weighted by atomic mass is 9.86. The summed E-state index contributed by atoms with van der Waals surface area (Å²) < 4.78 is 6.00. The zero-order valence-corrected chi connectivity index (χ0v) is 11.8. The molecule has 2 N–H and O–H groups in total. The van der Waals surface area contributed by atoms with E-state index in [1.807, 2.05) is 25.1 Å². The Morgan fingerprint density at radius 3 is 2.83 bits per heavy atom. The minimum atomic E-state index is -0.736. The molecule has 1 aliphatic heterocycles. The quantitative estimate of drug-likeness (QED) is 0.883. The van der Waals surface area contributed by atoms with Gasteiger partial charge >= 0.3 is 0 Å². The average Bonchev–Trinajstić information content (AvgIpc) is 2.29. The molecule has 1 fully saturated rings. The summed E-state index contributed by atoms with van der Waals surface area (Å²) in [6.45, 7) is 2.89. The Kier molecular flexibility index (Phi) is 4.04. The molecule has 0 unspecified atom stereocenters. The fourth-order valence-electron chi connectivity index (χ4n) is 1.84. The number of aryl methyl sites for hydroxylation is 1. The molecule has 1 heterocycles. The normalized spacial score (nSPS) is 17.1. The monoisotopic (exact) mass is 313 g/mol. The molecule has 1 aromatic rings. The van der Waals surface area contributed by atoms with Gasteiger partial charge in [0.25, 0.3) is 0 Å². The van der Waals surface area contributed by atoms with Crippen LogP contribution in [0.5, 0.6) is 0 Å². The second-order valence-corrected chi connectivity index (χ2v) is 5.60. The smallest absolute Gasteiger partial charge is 0.233 e. The fourth-order valence-corrected chi connectivity index (χ4v) is 2.24. The lowest BCUT2D eigenvalue weighted by Gasteiger charge is -2.38. The van der Waals surface area contributed by atoms with Crippen molar-refractivity contribution in [2.24, 2.45) is 5.41 Å². The molecule has 1 aliphatic rings. The van der Waals surface area contributed by atoms with Crippen molar-refractivity contribution in [3.05, 3.63) is 33.8 Å². The molecule has 5 heteroatoms. The lowest BCUT2D eigenvalue weighted by Crippen LogP contribution is -2.56. The van der Waals surface area contributed by atoms with Crippen LogP contribution in [-0.4, -0.2) is 30.8 Å². The number of benzene rings is 1. The molecule has 2 rings (SSSR count). The van der Waals surface area contributed by atoms with Gasteiger partial charge in [0.15, 0.2) is 0 Å². The van der Waals surface area contributed by atoms with Crippen molar-refractivity contribution in [3.8, 4) is 0 Å². The van der Waals surface area contributed by atoms with Crippen LogP contribution in [0.4, 0.5) is 0 Å². The first kappa shape index (κ1) is 13.5. The molecule has 0 aromatic heterocycles. The van der Waals surface area contributed by atoms with Crippen LogP contribution in [0.1, 0.15) is 11.1 Å². The van der Waals surface area contributed by atoms with Gasteiger partial charge in [0.2, 0.25) is 5.91 Å². The maximum atomic E-state index is 12.0. The van der Waals surface area contributed by atoms with Gasteiger partial charge < -0.3 is 15.2 Å². The second-order valence-electron chi connectivity index (χ2n) is 4.68. The molecule has 98 valence electrons. The van der Waals surface area contributed by atoms with E-state index in [9.17, 15) is 9.90 Å². The largest absolute Gasteiger partial charge is 0.395 e. The molecule has 18 heavy (non-hydrogen) atoms. The van der Waals surface area contributed by atoms with Crippen LogP contribution in [0.2, 0.25) is 0 Å². The molecular weight excluding hydrogens is 298 g/mol. The SMILES string of the molecule is Cc1ccc(Br)cc1CNC(=O)C1(CO)COC1. The van der Waals surface area contributed by atoms with E-state index >= 15 is 0 Å². The fraction of sp³-hybridized carbons (Fsp3) is 0.462. The molecule has 1 amide bonds. The number of rotatable bonds is 4. The Morgan fingerprint density at radius 2 is 2.28 bits per heavy atom. The molecule has 4 nitrogen and oxygen atoms in total. The van der Waals surface area contributed by atoms with Crippen molar-refractivity contribution in [1.29, 1.82) is 0 Å². The topological polar surface area (TPSA) is 58.6 Å².